The number of benzene rings is 2. The molecule has 0 aliphatic carbocycles. The Morgan fingerprint density at radius 2 is 1.94 bits per heavy atom. The molecule has 1 aliphatic heterocycles. The van der Waals surface area contributed by atoms with Crippen LogP contribution in [0.4, 0.5) is 5.69 Å². The van der Waals surface area contributed by atoms with Gasteiger partial charge in [0.1, 0.15) is 5.75 Å². The number of methoxy groups -OCH3 is 1. The van der Waals surface area contributed by atoms with Crippen LogP contribution in [0.15, 0.2) is 47.4 Å². The lowest BCUT2D eigenvalue weighted by molar-refractivity contribution is -0.121. The lowest BCUT2D eigenvalue weighted by Gasteiger charge is -2.21. The fourth-order valence-electron chi connectivity index (χ4n) is 3.81. The molecule has 8 nitrogen and oxygen atoms in total. The van der Waals surface area contributed by atoms with Crippen molar-refractivity contribution in [2.45, 2.75) is 37.8 Å². The van der Waals surface area contributed by atoms with E-state index in [9.17, 15) is 18.0 Å². The number of carbonyl (C=O) groups is 2. The molecular weight excluding hydrogens is 418 g/mol. The topological polar surface area (TPSA) is 96.0 Å². The van der Waals surface area contributed by atoms with Gasteiger partial charge in [0.2, 0.25) is 21.8 Å². The van der Waals surface area contributed by atoms with E-state index in [0.29, 0.717) is 12.2 Å². The molecule has 31 heavy (non-hydrogen) atoms. The summed E-state index contributed by atoms with van der Waals surface area (Å²) in [6, 6.07) is 12.0. The van der Waals surface area contributed by atoms with E-state index in [1.165, 1.54) is 20.0 Å². The summed E-state index contributed by atoms with van der Waals surface area (Å²) >= 11 is 0. The van der Waals surface area contributed by atoms with Crippen molar-refractivity contribution in [3.05, 3.63) is 53.6 Å². The van der Waals surface area contributed by atoms with Gasteiger partial charge in [-0.15, -0.1) is 0 Å². The number of nitrogens with one attached hydrogen (secondary N) is 1. The van der Waals surface area contributed by atoms with E-state index < -0.39 is 15.9 Å². The summed E-state index contributed by atoms with van der Waals surface area (Å²) in [6.07, 6.45) is 0.585. The number of hydrogen-bond donors (Lipinski definition) is 1. The van der Waals surface area contributed by atoms with E-state index in [0.717, 1.165) is 21.1 Å². The van der Waals surface area contributed by atoms with E-state index in [-0.39, 0.29) is 29.9 Å². The second-order valence-corrected chi connectivity index (χ2v) is 9.63. The SMILES string of the molecule is COc1ccccc1CNC(=O)CN(C)S(=O)(=O)c1ccc2c(c1)C[C@@H](C)N2C(C)=O. The van der Waals surface area contributed by atoms with Crippen LogP contribution in [0.25, 0.3) is 0 Å². The lowest BCUT2D eigenvalue weighted by Crippen LogP contribution is -2.38. The first kappa shape index (κ1) is 22.8. The van der Waals surface area contributed by atoms with Crippen molar-refractivity contribution in [3.8, 4) is 5.75 Å². The van der Waals surface area contributed by atoms with Crippen molar-refractivity contribution in [1.29, 1.82) is 0 Å². The maximum absolute atomic E-state index is 13.0. The van der Waals surface area contributed by atoms with Crippen LogP contribution in [0.2, 0.25) is 0 Å². The monoisotopic (exact) mass is 445 g/mol. The molecule has 2 amide bonds. The Balaban J connectivity index is 1.69. The first-order valence-corrected chi connectivity index (χ1v) is 11.4. The number of likely N-dealkylation sites (N-methyl/N-ethyl adjacent to an activating group) is 1. The fraction of sp³-hybridized carbons (Fsp3) is 0.364. The maximum atomic E-state index is 13.0. The number of fused-ring (bicyclic) bond motifs is 1. The smallest absolute Gasteiger partial charge is 0.243 e. The van der Waals surface area contributed by atoms with Crippen molar-refractivity contribution in [2.75, 3.05) is 25.6 Å². The summed E-state index contributed by atoms with van der Waals surface area (Å²) in [5, 5.41) is 2.72. The number of anilines is 1. The minimum Gasteiger partial charge on any atom is -0.496 e. The van der Waals surface area contributed by atoms with Crippen LogP contribution in [-0.2, 0) is 32.6 Å². The van der Waals surface area contributed by atoms with Gasteiger partial charge in [-0.3, -0.25) is 9.59 Å². The highest BCUT2D eigenvalue weighted by molar-refractivity contribution is 7.89. The van der Waals surface area contributed by atoms with E-state index in [1.807, 2.05) is 25.1 Å². The molecule has 0 saturated heterocycles. The average molecular weight is 446 g/mol. The van der Waals surface area contributed by atoms with Gasteiger partial charge in [-0.25, -0.2) is 8.42 Å². The quantitative estimate of drug-likeness (QED) is 0.703. The first-order valence-electron chi connectivity index (χ1n) is 9.92. The highest BCUT2D eigenvalue weighted by Gasteiger charge is 2.31. The summed E-state index contributed by atoms with van der Waals surface area (Å²) in [7, 11) is -0.942. The minimum atomic E-state index is -3.86. The summed E-state index contributed by atoms with van der Waals surface area (Å²) < 4.78 is 32.2. The molecule has 0 aromatic heterocycles. The Morgan fingerprint density at radius 3 is 2.61 bits per heavy atom. The van der Waals surface area contributed by atoms with E-state index in [4.69, 9.17) is 4.74 Å². The van der Waals surface area contributed by atoms with Gasteiger partial charge in [0.15, 0.2) is 0 Å². The number of sulfonamides is 1. The standard InChI is InChI=1S/C22H27N3O5S/c1-15-11-18-12-19(9-10-20(18)25(15)16(2)26)31(28,29)24(3)14-22(27)23-13-17-7-5-6-8-21(17)30-4/h5-10,12,15H,11,13-14H2,1-4H3,(H,23,27)/t15-/m1/s1. The zero-order valence-electron chi connectivity index (χ0n) is 18.1. The molecule has 166 valence electrons. The van der Waals surface area contributed by atoms with Crippen LogP contribution >= 0.6 is 0 Å². The third kappa shape index (κ3) is 4.72. The Morgan fingerprint density at radius 1 is 1.23 bits per heavy atom. The molecule has 0 fully saturated rings. The number of hydrogen-bond acceptors (Lipinski definition) is 5. The predicted molar refractivity (Wildman–Crippen MR) is 117 cm³/mol. The number of ether oxygens (including phenoxy) is 1. The number of amides is 2. The third-order valence-electron chi connectivity index (χ3n) is 5.35. The van der Waals surface area contributed by atoms with E-state index in [1.54, 1.807) is 30.2 Å². The molecule has 0 spiro atoms. The number of carbonyl (C=O) groups excluding carboxylic acids is 2. The number of nitrogens with zero attached hydrogens (tertiary/aromatic N) is 2. The van der Waals surface area contributed by atoms with Crippen LogP contribution in [0, 0.1) is 0 Å². The molecular formula is C22H27N3O5S. The maximum Gasteiger partial charge on any atom is 0.243 e. The Bertz CT molecular complexity index is 1100. The Kier molecular flexibility index (Phi) is 6.66. The van der Waals surface area contributed by atoms with Crippen molar-refractivity contribution in [2.24, 2.45) is 0 Å². The molecule has 1 atom stereocenters. The number of para-hydroxylation sites is 1. The number of rotatable bonds is 7. The highest BCUT2D eigenvalue weighted by atomic mass is 32.2. The molecule has 0 unspecified atom stereocenters. The van der Waals surface area contributed by atoms with Crippen LogP contribution in [0.5, 0.6) is 5.75 Å². The normalized spacial score (nSPS) is 15.6. The van der Waals surface area contributed by atoms with Crippen molar-refractivity contribution >= 4 is 27.5 Å². The predicted octanol–water partition coefficient (Wildman–Crippen LogP) is 1.93. The molecule has 3 rings (SSSR count). The molecule has 1 aliphatic rings. The van der Waals surface area contributed by atoms with Gasteiger partial charge < -0.3 is 15.0 Å². The average Bonchev–Trinajstić information content (AvgIpc) is 3.07. The van der Waals surface area contributed by atoms with Gasteiger partial charge >= 0.3 is 0 Å². The van der Waals surface area contributed by atoms with Crippen molar-refractivity contribution in [3.63, 3.8) is 0 Å². The van der Waals surface area contributed by atoms with Crippen molar-refractivity contribution in [1.82, 2.24) is 9.62 Å². The van der Waals surface area contributed by atoms with E-state index >= 15 is 0 Å². The second kappa shape index (κ2) is 9.07. The molecule has 2 aromatic carbocycles. The zero-order chi connectivity index (χ0) is 22.8. The minimum absolute atomic E-state index is 0.0241. The van der Waals surface area contributed by atoms with Gasteiger partial charge in [0.25, 0.3) is 0 Å². The lowest BCUT2D eigenvalue weighted by atomic mass is 10.1. The molecule has 0 radical (unpaired) electrons. The zero-order valence-corrected chi connectivity index (χ0v) is 18.9. The summed E-state index contributed by atoms with van der Waals surface area (Å²) in [5.74, 6) is 0.149. The van der Waals surface area contributed by atoms with Gasteiger partial charge in [-0.05, 0) is 43.2 Å². The molecule has 1 N–H and O–H groups in total. The van der Waals surface area contributed by atoms with Gasteiger partial charge in [0, 0.05) is 37.8 Å². The van der Waals surface area contributed by atoms with Crippen molar-refractivity contribution < 1.29 is 22.7 Å². The third-order valence-corrected chi connectivity index (χ3v) is 7.15. The Hall–Kier alpha value is -2.91. The summed E-state index contributed by atoms with van der Waals surface area (Å²) in [4.78, 5) is 26.0. The van der Waals surface area contributed by atoms with Gasteiger partial charge in [-0.2, -0.15) is 4.31 Å². The van der Waals surface area contributed by atoms with Crippen LogP contribution < -0.4 is 15.0 Å². The molecule has 9 heteroatoms. The first-order chi connectivity index (χ1) is 14.6. The summed E-state index contributed by atoms with van der Waals surface area (Å²) in [6.45, 7) is 3.33. The van der Waals surface area contributed by atoms with E-state index in [2.05, 4.69) is 5.32 Å². The molecule has 1 heterocycles. The molecule has 0 saturated carbocycles. The van der Waals surface area contributed by atoms with Crippen LogP contribution in [-0.4, -0.2) is 51.3 Å². The van der Waals surface area contributed by atoms with Gasteiger partial charge in [-0.1, -0.05) is 18.2 Å². The fourth-order valence-corrected chi connectivity index (χ4v) is 4.99. The van der Waals surface area contributed by atoms with Gasteiger partial charge in [0.05, 0.1) is 18.6 Å². The largest absolute Gasteiger partial charge is 0.496 e. The molecule has 2 aromatic rings. The Labute approximate surface area is 182 Å². The summed E-state index contributed by atoms with van der Waals surface area (Å²) in [5.41, 5.74) is 2.33. The van der Waals surface area contributed by atoms with Crippen LogP contribution in [0.1, 0.15) is 25.0 Å². The van der Waals surface area contributed by atoms with Crippen LogP contribution in [0.3, 0.4) is 0 Å². The molecule has 0 bridgehead atoms. The highest BCUT2D eigenvalue weighted by Crippen LogP contribution is 2.34. The second-order valence-electron chi connectivity index (χ2n) is 7.58.